The average molecular weight is 433 g/mol. The fourth-order valence-electron chi connectivity index (χ4n) is 4.11. The molecular weight excluding hydrogens is 404 g/mol. The molecule has 4 amide bonds. The summed E-state index contributed by atoms with van der Waals surface area (Å²) in [7, 11) is 0. The molecule has 0 spiro atoms. The van der Waals surface area contributed by atoms with E-state index in [2.05, 4.69) is 27.7 Å². The number of hydrogen-bond donors (Lipinski definition) is 2. The van der Waals surface area contributed by atoms with Gasteiger partial charge in [0.2, 0.25) is 5.91 Å². The Labute approximate surface area is 188 Å². The lowest BCUT2D eigenvalue weighted by Crippen LogP contribution is -2.38. The van der Waals surface area contributed by atoms with Gasteiger partial charge in [0.1, 0.15) is 12.2 Å². The number of benzene rings is 2. The fraction of sp³-hybridized carbons (Fsp3) is 0.320. The van der Waals surface area contributed by atoms with Gasteiger partial charge < -0.3 is 15.5 Å². The number of piperidine rings is 1. The van der Waals surface area contributed by atoms with Crippen LogP contribution in [0.1, 0.15) is 36.0 Å². The molecule has 2 aliphatic heterocycles. The largest absolute Gasteiger partial charge is 0.372 e. The number of nitrogens with one attached hydrogen (secondary N) is 2. The monoisotopic (exact) mass is 432 g/mol. The Morgan fingerprint density at radius 1 is 1.06 bits per heavy atom. The summed E-state index contributed by atoms with van der Waals surface area (Å²) < 4.78 is 0. The van der Waals surface area contributed by atoms with E-state index in [1.165, 1.54) is 24.9 Å². The molecule has 0 unspecified atom stereocenters. The third-order valence-electron chi connectivity index (χ3n) is 5.84. The van der Waals surface area contributed by atoms with Crippen LogP contribution in [-0.2, 0) is 9.59 Å². The summed E-state index contributed by atoms with van der Waals surface area (Å²) in [6.07, 6.45) is 5.37. The van der Waals surface area contributed by atoms with Crippen LogP contribution in [0.15, 0.2) is 48.2 Å². The van der Waals surface area contributed by atoms with Crippen molar-refractivity contribution in [1.82, 2.24) is 10.2 Å². The summed E-state index contributed by atoms with van der Waals surface area (Å²) in [5.41, 5.74) is 4.87. The van der Waals surface area contributed by atoms with E-state index in [1.807, 2.05) is 38.1 Å². The van der Waals surface area contributed by atoms with E-state index in [4.69, 9.17) is 0 Å². The van der Waals surface area contributed by atoms with E-state index in [-0.39, 0.29) is 12.2 Å². The number of rotatable bonds is 5. The minimum absolute atomic E-state index is 0.173. The van der Waals surface area contributed by atoms with Crippen molar-refractivity contribution >= 4 is 35.3 Å². The van der Waals surface area contributed by atoms with Crippen molar-refractivity contribution < 1.29 is 14.4 Å². The Balaban J connectivity index is 1.44. The van der Waals surface area contributed by atoms with Gasteiger partial charge in [-0.1, -0.05) is 18.2 Å². The molecule has 32 heavy (non-hydrogen) atoms. The molecule has 2 saturated heterocycles. The average Bonchev–Trinajstić information content (AvgIpc) is 3.03. The highest BCUT2D eigenvalue weighted by Crippen LogP contribution is 2.25. The van der Waals surface area contributed by atoms with Gasteiger partial charge in [-0.05, 0) is 80.1 Å². The molecule has 2 aliphatic rings. The number of aryl methyl sites for hydroxylation is 2. The van der Waals surface area contributed by atoms with Crippen LogP contribution < -0.4 is 15.5 Å². The van der Waals surface area contributed by atoms with Gasteiger partial charge in [0.25, 0.3) is 5.91 Å². The summed E-state index contributed by atoms with van der Waals surface area (Å²) in [4.78, 5) is 40.8. The maximum Gasteiger partial charge on any atom is 0.329 e. The smallest absolute Gasteiger partial charge is 0.329 e. The first-order valence-electron chi connectivity index (χ1n) is 11.0. The van der Waals surface area contributed by atoms with Crippen molar-refractivity contribution in [2.75, 3.05) is 29.9 Å². The normalized spacial score (nSPS) is 17.6. The van der Waals surface area contributed by atoms with Crippen molar-refractivity contribution in [3.63, 3.8) is 0 Å². The Kier molecular flexibility index (Phi) is 6.25. The van der Waals surface area contributed by atoms with Crippen LogP contribution in [-0.4, -0.2) is 42.4 Å². The van der Waals surface area contributed by atoms with E-state index >= 15 is 0 Å². The topological polar surface area (TPSA) is 81.8 Å². The first-order chi connectivity index (χ1) is 15.4. The van der Waals surface area contributed by atoms with Gasteiger partial charge in [0.15, 0.2) is 0 Å². The maximum atomic E-state index is 12.8. The molecule has 2 aromatic rings. The highest BCUT2D eigenvalue weighted by Gasteiger charge is 2.35. The highest BCUT2D eigenvalue weighted by molar-refractivity contribution is 6.16. The zero-order chi connectivity index (χ0) is 22.7. The summed E-state index contributed by atoms with van der Waals surface area (Å²) in [6, 6.07) is 12.9. The van der Waals surface area contributed by atoms with Crippen LogP contribution in [0.3, 0.4) is 0 Å². The lowest BCUT2D eigenvalue weighted by Gasteiger charge is -2.29. The molecule has 2 heterocycles. The number of amides is 4. The van der Waals surface area contributed by atoms with Crippen molar-refractivity contribution in [1.29, 1.82) is 0 Å². The predicted molar refractivity (Wildman–Crippen MR) is 125 cm³/mol. The summed E-state index contributed by atoms with van der Waals surface area (Å²) >= 11 is 0. The molecule has 0 atom stereocenters. The van der Waals surface area contributed by atoms with Gasteiger partial charge in [-0.2, -0.15) is 0 Å². The molecule has 2 N–H and O–H groups in total. The zero-order valence-electron chi connectivity index (χ0n) is 18.5. The standard InChI is InChI=1S/C25H28N4O3/c1-17-7-6-8-20(13-17)26-23(30)16-29-24(31)22(27-25(29)32)15-19-9-10-21(14-18(19)2)28-11-4-3-5-12-28/h6-10,13-15H,3-5,11-12,16H2,1-2H3,(H,26,30)(H,27,32)/b22-15+. The molecule has 2 aromatic carbocycles. The number of carbonyl (C=O) groups is 3. The van der Waals surface area contributed by atoms with Gasteiger partial charge in [-0.15, -0.1) is 0 Å². The Hall–Kier alpha value is -3.61. The van der Waals surface area contributed by atoms with Crippen molar-refractivity contribution in [2.24, 2.45) is 0 Å². The molecule has 0 radical (unpaired) electrons. The maximum absolute atomic E-state index is 12.8. The van der Waals surface area contributed by atoms with Crippen molar-refractivity contribution in [3.05, 3.63) is 64.9 Å². The van der Waals surface area contributed by atoms with Crippen LogP contribution in [0.25, 0.3) is 6.08 Å². The minimum atomic E-state index is -0.594. The molecule has 0 saturated carbocycles. The summed E-state index contributed by atoms with van der Waals surface area (Å²) in [5.74, 6) is -0.934. The Morgan fingerprint density at radius 3 is 2.56 bits per heavy atom. The van der Waals surface area contributed by atoms with E-state index in [1.54, 1.807) is 12.1 Å². The van der Waals surface area contributed by atoms with Crippen molar-refractivity contribution in [3.8, 4) is 0 Å². The van der Waals surface area contributed by atoms with Crippen LogP contribution in [0.2, 0.25) is 0 Å². The summed E-state index contributed by atoms with van der Waals surface area (Å²) in [6.45, 7) is 5.70. The first-order valence-corrected chi connectivity index (χ1v) is 11.0. The van der Waals surface area contributed by atoms with Gasteiger partial charge in [0, 0.05) is 24.5 Å². The zero-order valence-corrected chi connectivity index (χ0v) is 18.5. The lowest BCUT2D eigenvalue weighted by atomic mass is 10.0. The number of carbonyl (C=O) groups excluding carboxylic acids is 3. The number of hydrogen-bond acceptors (Lipinski definition) is 4. The summed E-state index contributed by atoms with van der Waals surface area (Å²) in [5, 5.41) is 5.32. The second-order valence-electron chi connectivity index (χ2n) is 8.39. The first kappa shape index (κ1) is 21.6. The van der Waals surface area contributed by atoms with Gasteiger partial charge in [0.05, 0.1) is 0 Å². The molecule has 7 nitrogen and oxygen atoms in total. The van der Waals surface area contributed by atoms with E-state index < -0.39 is 17.8 Å². The number of anilines is 2. The number of imide groups is 1. The second-order valence-corrected chi connectivity index (χ2v) is 8.39. The quantitative estimate of drug-likeness (QED) is 0.556. The Morgan fingerprint density at radius 2 is 1.84 bits per heavy atom. The van der Waals surface area contributed by atoms with Crippen LogP contribution in [0.4, 0.5) is 16.2 Å². The van der Waals surface area contributed by atoms with Gasteiger partial charge in [-0.3, -0.25) is 9.59 Å². The highest BCUT2D eigenvalue weighted by atomic mass is 16.2. The number of urea groups is 1. The number of nitrogens with zero attached hydrogens (tertiary/aromatic N) is 2. The molecule has 7 heteroatoms. The Bertz CT molecular complexity index is 1090. The molecule has 4 rings (SSSR count). The molecule has 2 fully saturated rings. The van der Waals surface area contributed by atoms with Crippen LogP contribution in [0, 0.1) is 13.8 Å². The third kappa shape index (κ3) is 4.82. The lowest BCUT2D eigenvalue weighted by molar-refractivity contribution is -0.127. The van der Waals surface area contributed by atoms with E-state index in [9.17, 15) is 14.4 Å². The molecule has 0 aliphatic carbocycles. The molecule has 0 aromatic heterocycles. The molecule has 0 bridgehead atoms. The SMILES string of the molecule is Cc1cccc(NC(=O)CN2C(=O)N/C(=C/c3ccc(N4CCCCC4)cc3C)C2=O)c1. The van der Waals surface area contributed by atoms with Crippen molar-refractivity contribution in [2.45, 2.75) is 33.1 Å². The van der Waals surface area contributed by atoms with Gasteiger partial charge in [-0.25, -0.2) is 9.69 Å². The molecule has 166 valence electrons. The third-order valence-corrected chi connectivity index (χ3v) is 5.84. The van der Waals surface area contributed by atoms with Crippen LogP contribution in [0.5, 0.6) is 0 Å². The van der Waals surface area contributed by atoms with Gasteiger partial charge >= 0.3 is 6.03 Å². The second kappa shape index (κ2) is 9.26. The van der Waals surface area contributed by atoms with E-state index in [0.717, 1.165) is 34.7 Å². The predicted octanol–water partition coefficient (Wildman–Crippen LogP) is 3.83. The molecular formula is C25H28N4O3. The van der Waals surface area contributed by atoms with Crippen LogP contribution >= 0.6 is 0 Å². The van der Waals surface area contributed by atoms with E-state index in [0.29, 0.717) is 5.69 Å². The minimum Gasteiger partial charge on any atom is -0.372 e. The fourth-order valence-corrected chi connectivity index (χ4v) is 4.11.